The average Bonchev–Trinajstić information content (AvgIpc) is 2.43. The van der Waals surface area contributed by atoms with Crippen molar-refractivity contribution in [2.45, 2.75) is 39.5 Å². The van der Waals surface area contributed by atoms with Crippen LogP contribution in [0.25, 0.3) is 0 Å². The van der Waals surface area contributed by atoms with E-state index in [-0.39, 0.29) is 0 Å². The van der Waals surface area contributed by atoms with Crippen LogP contribution in [-0.4, -0.2) is 29.6 Å². The quantitative estimate of drug-likeness (QED) is 0.445. The number of allylic oxidation sites excluding steroid dienone is 1. The van der Waals surface area contributed by atoms with Gasteiger partial charge in [0, 0.05) is 18.0 Å². The van der Waals surface area contributed by atoms with E-state index in [1.54, 1.807) is 46.0 Å². The van der Waals surface area contributed by atoms with Gasteiger partial charge < -0.3 is 9.47 Å². The Morgan fingerprint density at radius 1 is 1.25 bits per heavy atom. The van der Waals surface area contributed by atoms with Gasteiger partial charge in [0.25, 0.3) is 0 Å². The SMILES string of the molecule is C=C(OC(C)(C)C)/C(=C(\N=C(C)c1cccnc1)OC)C(F)(F)F. The van der Waals surface area contributed by atoms with Crippen LogP contribution in [0.3, 0.4) is 0 Å². The maximum absolute atomic E-state index is 13.5. The van der Waals surface area contributed by atoms with Gasteiger partial charge in [-0.15, -0.1) is 0 Å². The topological polar surface area (TPSA) is 43.7 Å². The maximum Gasteiger partial charge on any atom is 0.425 e. The Morgan fingerprint density at radius 3 is 2.29 bits per heavy atom. The fourth-order valence-electron chi connectivity index (χ4n) is 1.82. The van der Waals surface area contributed by atoms with Gasteiger partial charge in [-0.05, 0) is 33.8 Å². The first-order valence-corrected chi connectivity index (χ1v) is 7.15. The Labute approximate surface area is 139 Å². The highest BCUT2D eigenvalue weighted by Crippen LogP contribution is 2.36. The third-order valence-electron chi connectivity index (χ3n) is 2.75. The largest absolute Gasteiger partial charge is 0.488 e. The fraction of sp³-hybridized carbons (Fsp3) is 0.412. The molecule has 0 fully saturated rings. The molecule has 24 heavy (non-hydrogen) atoms. The lowest BCUT2D eigenvalue weighted by Gasteiger charge is -2.25. The third kappa shape index (κ3) is 5.72. The molecule has 0 aromatic carbocycles. The molecule has 1 heterocycles. The molecule has 0 atom stereocenters. The van der Waals surface area contributed by atoms with Crippen LogP contribution in [0.2, 0.25) is 0 Å². The van der Waals surface area contributed by atoms with Crippen molar-refractivity contribution in [3.05, 3.63) is 53.9 Å². The van der Waals surface area contributed by atoms with Crippen LogP contribution in [-0.2, 0) is 9.47 Å². The van der Waals surface area contributed by atoms with Gasteiger partial charge in [0.2, 0.25) is 5.88 Å². The summed E-state index contributed by atoms with van der Waals surface area (Å²) in [5.74, 6) is -1.16. The van der Waals surface area contributed by atoms with Crippen molar-refractivity contribution in [2.24, 2.45) is 4.99 Å². The van der Waals surface area contributed by atoms with Crippen molar-refractivity contribution in [2.75, 3.05) is 7.11 Å². The van der Waals surface area contributed by atoms with E-state index in [0.717, 1.165) is 7.11 Å². The van der Waals surface area contributed by atoms with E-state index in [1.165, 1.54) is 6.20 Å². The predicted molar refractivity (Wildman–Crippen MR) is 86.5 cm³/mol. The van der Waals surface area contributed by atoms with Gasteiger partial charge in [0.1, 0.15) is 11.4 Å². The first kappa shape index (κ1) is 19.7. The van der Waals surface area contributed by atoms with Crippen molar-refractivity contribution in [3.63, 3.8) is 0 Å². The lowest BCUT2D eigenvalue weighted by atomic mass is 10.1. The number of methoxy groups -OCH3 is 1. The number of pyridine rings is 1. The molecule has 0 saturated heterocycles. The summed E-state index contributed by atoms with van der Waals surface area (Å²) >= 11 is 0. The van der Waals surface area contributed by atoms with Gasteiger partial charge in [-0.3, -0.25) is 4.98 Å². The van der Waals surface area contributed by atoms with Crippen LogP contribution in [0.5, 0.6) is 0 Å². The number of hydrogen-bond donors (Lipinski definition) is 0. The van der Waals surface area contributed by atoms with Crippen molar-refractivity contribution in [1.82, 2.24) is 4.98 Å². The Kier molecular flexibility index (Phi) is 6.17. The Hall–Kier alpha value is -2.31. The zero-order chi connectivity index (χ0) is 18.5. The normalized spacial score (nSPS) is 14.1. The van der Waals surface area contributed by atoms with E-state index in [1.807, 2.05) is 0 Å². The molecular formula is C17H21F3N2O2. The van der Waals surface area contributed by atoms with E-state index in [9.17, 15) is 13.2 Å². The Bertz CT molecular complexity index is 642. The minimum atomic E-state index is -4.73. The molecular weight excluding hydrogens is 321 g/mol. The van der Waals surface area contributed by atoms with Crippen LogP contribution in [0.4, 0.5) is 13.2 Å². The zero-order valence-electron chi connectivity index (χ0n) is 14.4. The summed E-state index contributed by atoms with van der Waals surface area (Å²) < 4.78 is 50.6. The molecule has 0 bridgehead atoms. The van der Waals surface area contributed by atoms with E-state index < -0.39 is 29.0 Å². The first-order chi connectivity index (χ1) is 11.0. The van der Waals surface area contributed by atoms with Crippen molar-refractivity contribution >= 4 is 5.71 Å². The van der Waals surface area contributed by atoms with Gasteiger partial charge in [-0.2, -0.15) is 13.2 Å². The molecule has 1 aromatic rings. The third-order valence-corrected chi connectivity index (χ3v) is 2.75. The second-order valence-corrected chi connectivity index (χ2v) is 5.96. The van der Waals surface area contributed by atoms with Gasteiger partial charge in [0.15, 0.2) is 5.57 Å². The minimum absolute atomic E-state index is 0.324. The van der Waals surface area contributed by atoms with Crippen molar-refractivity contribution < 1.29 is 22.6 Å². The number of hydrogen-bond acceptors (Lipinski definition) is 4. The molecule has 0 saturated carbocycles. The predicted octanol–water partition coefficient (Wildman–Crippen LogP) is 4.64. The fourth-order valence-corrected chi connectivity index (χ4v) is 1.82. The van der Waals surface area contributed by atoms with Crippen molar-refractivity contribution in [3.8, 4) is 0 Å². The number of rotatable bonds is 5. The minimum Gasteiger partial charge on any atom is -0.488 e. The number of ether oxygens (including phenoxy) is 2. The van der Waals surface area contributed by atoms with E-state index in [2.05, 4.69) is 16.6 Å². The second-order valence-electron chi connectivity index (χ2n) is 5.96. The van der Waals surface area contributed by atoms with Gasteiger partial charge in [-0.25, -0.2) is 4.99 Å². The summed E-state index contributed by atoms with van der Waals surface area (Å²) in [6.45, 7) is 9.84. The van der Waals surface area contributed by atoms with Gasteiger partial charge >= 0.3 is 6.18 Å². The highest BCUT2D eigenvalue weighted by molar-refractivity contribution is 5.98. The zero-order valence-corrected chi connectivity index (χ0v) is 14.4. The molecule has 4 nitrogen and oxygen atoms in total. The lowest BCUT2D eigenvalue weighted by Crippen LogP contribution is -2.24. The van der Waals surface area contributed by atoms with Gasteiger partial charge in [-0.1, -0.05) is 12.6 Å². The van der Waals surface area contributed by atoms with E-state index in [0.29, 0.717) is 11.3 Å². The summed E-state index contributed by atoms with van der Waals surface area (Å²) in [5, 5.41) is 0. The summed E-state index contributed by atoms with van der Waals surface area (Å²) in [6.07, 6.45) is -1.67. The molecule has 0 spiro atoms. The first-order valence-electron chi connectivity index (χ1n) is 7.15. The lowest BCUT2D eigenvalue weighted by molar-refractivity contribution is -0.101. The van der Waals surface area contributed by atoms with Crippen LogP contribution < -0.4 is 0 Å². The number of halogens is 3. The number of aliphatic imine (C=N–C) groups is 1. The molecule has 0 unspecified atom stereocenters. The summed E-state index contributed by atoms with van der Waals surface area (Å²) in [6, 6.07) is 3.35. The molecule has 0 amide bonds. The van der Waals surface area contributed by atoms with E-state index >= 15 is 0 Å². The molecule has 0 aliphatic rings. The maximum atomic E-state index is 13.5. The summed E-state index contributed by atoms with van der Waals surface area (Å²) in [5.41, 5.74) is -1.08. The van der Waals surface area contributed by atoms with Crippen LogP contribution in [0.1, 0.15) is 33.3 Å². The smallest absolute Gasteiger partial charge is 0.425 e. The molecule has 7 heteroatoms. The highest BCUT2D eigenvalue weighted by atomic mass is 19.4. The van der Waals surface area contributed by atoms with Gasteiger partial charge in [0.05, 0.1) is 12.8 Å². The Balaban J connectivity index is 3.40. The average molecular weight is 342 g/mol. The second kappa shape index (κ2) is 7.51. The molecule has 132 valence electrons. The molecule has 0 radical (unpaired) electrons. The summed E-state index contributed by atoms with van der Waals surface area (Å²) in [4.78, 5) is 7.87. The monoisotopic (exact) mass is 342 g/mol. The van der Waals surface area contributed by atoms with Crippen LogP contribution in [0, 0.1) is 0 Å². The standard InChI is InChI=1S/C17H21F3N2O2/c1-11(13-8-7-9-21-10-13)22-15(23-6)14(17(18,19)20)12(2)24-16(3,4)5/h7-10H,2H2,1,3-6H3/b15-14-,22-11?. The van der Waals surface area contributed by atoms with Crippen LogP contribution in [0.15, 0.2) is 53.3 Å². The number of aromatic nitrogens is 1. The van der Waals surface area contributed by atoms with E-state index in [4.69, 9.17) is 9.47 Å². The number of alkyl halides is 3. The highest BCUT2D eigenvalue weighted by Gasteiger charge is 2.41. The molecule has 0 aliphatic heterocycles. The summed E-state index contributed by atoms with van der Waals surface area (Å²) in [7, 11) is 1.12. The molecule has 1 aromatic heterocycles. The molecule has 1 rings (SSSR count). The number of nitrogens with zero attached hydrogens (tertiary/aromatic N) is 2. The molecule has 0 N–H and O–H groups in total. The van der Waals surface area contributed by atoms with Crippen molar-refractivity contribution in [1.29, 1.82) is 0 Å². The Morgan fingerprint density at radius 2 is 1.88 bits per heavy atom. The van der Waals surface area contributed by atoms with Crippen LogP contribution >= 0.6 is 0 Å². The molecule has 0 aliphatic carbocycles.